The molecule has 2 rings (SSSR count). The Morgan fingerprint density at radius 1 is 1.50 bits per heavy atom. The Hall–Kier alpha value is -0.530. The van der Waals surface area contributed by atoms with Crippen molar-refractivity contribution in [1.82, 2.24) is 0 Å². The number of fused-ring (bicyclic) bond motifs is 1. The third kappa shape index (κ3) is 0.358. The van der Waals surface area contributed by atoms with Crippen LogP contribution in [0.5, 0.6) is 0 Å². The molecule has 8 heavy (non-hydrogen) atoms. The Morgan fingerprint density at radius 2 is 2.38 bits per heavy atom. The van der Waals surface area contributed by atoms with E-state index >= 15 is 0 Å². The summed E-state index contributed by atoms with van der Waals surface area (Å²) in [6.07, 6.45) is 2.28. The Balaban J connectivity index is 2.15. The lowest BCUT2D eigenvalue weighted by Crippen LogP contribution is -2.25. The van der Waals surface area contributed by atoms with Gasteiger partial charge in [-0.15, -0.1) is 0 Å². The molecule has 1 saturated heterocycles. The molecule has 0 aromatic rings. The number of rotatable bonds is 0. The van der Waals surface area contributed by atoms with Crippen LogP contribution in [0.25, 0.3) is 0 Å². The van der Waals surface area contributed by atoms with Gasteiger partial charge < -0.3 is 4.74 Å². The van der Waals surface area contributed by atoms with E-state index in [1.54, 1.807) is 0 Å². The van der Waals surface area contributed by atoms with E-state index in [9.17, 15) is 4.79 Å². The first-order valence-corrected chi connectivity index (χ1v) is 3.04. The predicted octanol–water partition coefficient (Wildman–Crippen LogP) is 0.569. The minimum Gasteiger partial charge on any atom is -0.465 e. The van der Waals surface area contributed by atoms with Gasteiger partial charge in [0.1, 0.15) is 0 Å². The lowest BCUT2D eigenvalue weighted by molar-refractivity contribution is -0.142. The van der Waals surface area contributed by atoms with E-state index < -0.39 is 0 Å². The fourth-order valence-corrected chi connectivity index (χ4v) is 1.38. The van der Waals surface area contributed by atoms with Crippen LogP contribution in [0.2, 0.25) is 0 Å². The van der Waals surface area contributed by atoms with Gasteiger partial charge in [0.05, 0.1) is 12.5 Å². The first kappa shape index (κ1) is 4.36. The maximum absolute atomic E-state index is 10.6. The number of hydrogen-bond acceptors (Lipinski definition) is 2. The number of ether oxygens (including phenoxy) is 1. The predicted molar refractivity (Wildman–Crippen MR) is 27.2 cm³/mol. The lowest BCUT2D eigenvalue weighted by Gasteiger charge is -2.23. The van der Waals surface area contributed by atoms with Crippen molar-refractivity contribution in [3.63, 3.8) is 0 Å². The summed E-state index contributed by atoms with van der Waals surface area (Å²) in [5.41, 5.74) is 0. The van der Waals surface area contributed by atoms with Crippen LogP contribution < -0.4 is 0 Å². The summed E-state index contributed by atoms with van der Waals surface area (Å²) in [6.45, 7) is 0.698. The van der Waals surface area contributed by atoms with Crippen LogP contribution in [0.3, 0.4) is 0 Å². The monoisotopic (exact) mass is 112 g/mol. The van der Waals surface area contributed by atoms with E-state index in [4.69, 9.17) is 4.74 Å². The lowest BCUT2D eigenvalue weighted by atomic mass is 9.76. The van der Waals surface area contributed by atoms with E-state index in [1.165, 1.54) is 6.42 Å². The number of carbonyl (C=O) groups is 1. The molecule has 0 N–H and O–H groups in total. The molecule has 44 valence electrons. The highest BCUT2D eigenvalue weighted by atomic mass is 16.5. The van der Waals surface area contributed by atoms with Gasteiger partial charge in [0.25, 0.3) is 0 Å². The molecule has 1 saturated carbocycles. The van der Waals surface area contributed by atoms with Gasteiger partial charge in [-0.25, -0.2) is 0 Å². The Labute approximate surface area is 47.8 Å². The molecular weight excluding hydrogens is 104 g/mol. The SMILES string of the molecule is O=C1OCC2CC[C@H]12. The zero-order valence-electron chi connectivity index (χ0n) is 4.59. The van der Waals surface area contributed by atoms with Crippen molar-refractivity contribution in [3.05, 3.63) is 0 Å². The summed E-state index contributed by atoms with van der Waals surface area (Å²) in [5.74, 6) is 0.943. The van der Waals surface area contributed by atoms with E-state index in [0.29, 0.717) is 18.4 Å². The fraction of sp³-hybridized carbons (Fsp3) is 0.833. The molecular formula is C6H8O2. The van der Waals surface area contributed by atoms with Crippen LogP contribution in [0.4, 0.5) is 0 Å². The maximum Gasteiger partial charge on any atom is 0.309 e. The molecule has 0 radical (unpaired) electrons. The van der Waals surface area contributed by atoms with Crippen LogP contribution in [0, 0.1) is 11.8 Å². The van der Waals surface area contributed by atoms with Crippen LogP contribution in [-0.2, 0) is 9.53 Å². The van der Waals surface area contributed by atoms with Crippen molar-refractivity contribution in [2.45, 2.75) is 12.8 Å². The zero-order chi connectivity index (χ0) is 5.56. The van der Waals surface area contributed by atoms with Crippen molar-refractivity contribution < 1.29 is 9.53 Å². The standard InChI is InChI=1S/C6H8O2/c7-6-5-2-1-4(5)3-8-6/h4-5H,1-3H2/t4?,5-/m0/s1. The highest BCUT2D eigenvalue weighted by Crippen LogP contribution is 2.39. The molecule has 0 aromatic heterocycles. The average molecular weight is 112 g/mol. The minimum absolute atomic E-state index is 0.0428. The second kappa shape index (κ2) is 1.24. The molecule has 2 fully saturated rings. The van der Waals surface area contributed by atoms with Crippen LogP contribution in [0.1, 0.15) is 12.8 Å². The highest BCUT2D eigenvalue weighted by molar-refractivity contribution is 5.75. The molecule has 1 aliphatic carbocycles. The van der Waals surface area contributed by atoms with Crippen molar-refractivity contribution in [3.8, 4) is 0 Å². The average Bonchev–Trinajstić information content (AvgIpc) is 1.80. The summed E-state index contributed by atoms with van der Waals surface area (Å²) >= 11 is 0. The van der Waals surface area contributed by atoms with E-state index in [1.807, 2.05) is 0 Å². The van der Waals surface area contributed by atoms with Crippen LogP contribution >= 0.6 is 0 Å². The summed E-state index contributed by atoms with van der Waals surface area (Å²) in [7, 11) is 0. The van der Waals surface area contributed by atoms with Gasteiger partial charge in [-0.3, -0.25) is 4.79 Å². The molecule has 1 heterocycles. The van der Waals surface area contributed by atoms with Crippen molar-refractivity contribution in [1.29, 1.82) is 0 Å². The van der Waals surface area contributed by atoms with Crippen molar-refractivity contribution in [2.75, 3.05) is 6.61 Å². The first-order valence-electron chi connectivity index (χ1n) is 3.04. The number of carbonyl (C=O) groups excluding carboxylic acids is 1. The number of esters is 1. The number of cyclic esters (lactones) is 1. The first-order chi connectivity index (χ1) is 3.88. The summed E-state index contributed by atoms with van der Waals surface area (Å²) in [6, 6.07) is 0. The Morgan fingerprint density at radius 3 is 2.62 bits per heavy atom. The quantitative estimate of drug-likeness (QED) is 0.428. The summed E-state index contributed by atoms with van der Waals surface area (Å²) < 4.78 is 4.80. The third-order valence-corrected chi connectivity index (χ3v) is 2.16. The summed E-state index contributed by atoms with van der Waals surface area (Å²) in [4.78, 5) is 10.6. The van der Waals surface area contributed by atoms with Crippen LogP contribution in [0.15, 0.2) is 0 Å². The molecule has 2 heteroatoms. The van der Waals surface area contributed by atoms with Crippen molar-refractivity contribution >= 4 is 5.97 Å². The van der Waals surface area contributed by atoms with E-state index in [2.05, 4.69) is 0 Å². The van der Waals surface area contributed by atoms with Gasteiger partial charge in [0, 0.05) is 5.92 Å². The normalized spacial score (nSPS) is 42.8. The smallest absolute Gasteiger partial charge is 0.309 e. The third-order valence-electron chi connectivity index (χ3n) is 2.16. The molecule has 0 spiro atoms. The van der Waals surface area contributed by atoms with Gasteiger partial charge >= 0.3 is 5.97 Å². The van der Waals surface area contributed by atoms with Gasteiger partial charge in [-0.1, -0.05) is 0 Å². The van der Waals surface area contributed by atoms with E-state index in [-0.39, 0.29) is 5.97 Å². The molecule has 2 aliphatic rings. The molecule has 1 unspecified atom stereocenters. The summed E-state index contributed by atoms with van der Waals surface area (Å²) in [5, 5.41) is 0. The largest absolute Gasteiger partial charge is 0.465 e. The molecule has 0 aromatic carbocycles. The second-order valence-electron chi connectivity index (χ2n) is 2.57. The van der Waals surface area contributed by atoms with Gasteiger partial charge in [-0.05, 0) is 12.8 Å². The Bertz CT molecular complexity index is 130. The Kier molecular flexibility index (Phi) is 0.678. The number of hydrogen-bond donors (Lipinski definition) is 0. The van der Waals surface area contributed by atoms with Gasteiger partial charge in [0.15, 0.2) is 0 Å². The minimum atomic E-state index is 0.0428. The highest BCUT2D eigenvalue weighted by Gasteiger charge is 2.43. The maximum atomic E-state index is 10.6. The fourth-order valence-electron chi connectivity index (χ4n) is 1.38. The zero-order valence-corrected chi connectivity index (χ0v) is 4.59. The topological polar surface area (TPSA) is 26.3 Å². The molecule has 2 nitrogen and oxygen atoms in total. The molecule has 0 amide bonds. The molecule has 2 atom stereocenters. The van der Waals surface area contributed by atoms with Gasteiger partial charge in [-0.2, -0.15) is 0 Å². The van der Waals surface area contributed by atoms with Crippen LogP contribution in [-0.4, -0.2) is 12.6 Å². The van der Waals surface area contributed by atoms with Crippen molar-refractivity contribution in [2.24, 2.45) is 11.8 Å². The molecule has 1 aliphatic heterocycles. The molecule has 0 bridgehead atoms. The van der Waals surface area contributed by atoms with E-state index in [0.717, 1.165) is 6.42 Å². The van der Waals surface area contributed by atoms with Gasteiger partial charge in [0.2, 0.25) is 0 Å². The second-order valence-corrected chi connectivity index (χ2v) is 2.57.